The highest BCUT2D eigenvalue weighted by atomic mass is 16.6. The second-order valence-electron chi connectivity index (χ2n) is 6.26. The molecule has 0 bridgehead atoms. The lowest BCUT2D eigenvalue weighted by atomic mass is 10.2. The molecule has 0 unspecified atom stereocenters. The molecule has 24 heavy (non-hydrogen) atoms. The molecule has 1 aromatic carbocycles. The number of nitrogens with one attached hydrogen (secondary N) is 2. The van der Waals surface area contributed by atoms with Gasteiger partial charge in [-0.2, -0.15) is 0 Å². The van der Waals surface area contributed by atoms with Crippen LogP contribution in [0.1, 0.15) is 33.3 Å². The van der Waals surface area contributed by atoms with Crippen molar-refractivity contribution in [3.05, 3.63) is 23.8 Å². The van der Waals surface area contributed by atoms with Crippen molar-refractivity contribution >= 4 is 12.0 Å². The quantitative estimate of drug-likeness (QED) is 0.831. The van der Waals surface area contributed by atoms with Crippen LogP contribution in [0.4, 0.5) is 4.79 Å². The minimum atomic E-state index is -0.718. The third-order valence-corrected chi connectivity index (χ3v) is 3.07. The van der Waals surface area contributed by atoms with E-state index in [-0.39, 0.29) is 12.5 Å². The summed E-state index contributed by atoms with van der Waals surface area (Å²) >= 11 is 0. The van der Waals surface area contributed by atoms with Gasteiger partial charge in [-0.25, -0.2) is 4.79 Å². The molecule has 0 heterocycles. The van der Waals surface area contributed by atoms with Gasteiger partial charge in [0.2, 0.25) is 5.91 Å². The van der Waals surface area contributed by atoms with E-state index in [1.165, 1.54) is 0 Å². The number of ether oxygens (including phenoxy) is 3. The largest absolute Gasteiger partial charge is 0.497 e. The van der Waals surface area contributed by atoms with E-state index in [0.29, 0.717) is 11.5 Å². The first kappa shape index (κ1) is 19.6. The van der Waals surface area contributed by atoms with Gasteiger partial charge in [-0.1, -0.05) is 0 Å². The number of rotatable bonds is 6. The third-order valence-electron chi connectivity index (χ3n) is 3.07. The van der Waals surface area contributed by atoms with E-state index in [4.69, 9.17) is 14.2 Å². The van der Waals surface area contributed by atoms with Crippen molar-refractivity contribution in [3.63, 3.8) is 0 Å². The van der Waals surface area contributed by atoms with Gasteiger partial charge in [0.15, 0.2) is 0 Å². The van der Waals surface area contributed by atoms with Crippen LogP contribution in [0, 0.1) is 0 Å². The van der Waals surface area contributed by atoms with E-state index in [9.17, 15) is 9.59 Å². The maximum atomic E-state index is 12.1. The maximum Gasteiger partial charge on any atom is 0.408 e. The van der Waals surface area contributed by atoms with Gasteiger partial charge < -0.3 is 24.8 Å². The summed E-state index contributed by atoms with van der Waals surface area (Å²) in [5.74, 6) is 0.961. The highest BCUT2D eigenvalue weighted by molar-refractivity contribution is 5.85. The Bertz CT molecular complexity index is 581. The lowest BCUT2D eigenvalue weighted by Crippen LogP contribution is -2.46. The molecule has 0 saturated carbocycles. The summed E-state index contributed by atoms with van der Waals surface area (Å²) in [7, 11) is 3.12. The van der Waals surface area contributed by atoms with Crippen LogP contribution in [0.25, 0.3) is 0 Å². The Labute approximate surface area is 142 Å². The summed E-state index contributed by atoms with van der Waals surface area (Å²) in [6.45, 7) is 7.13. The predicted octanol–water partition coefficient (Wildman–Crippen LogP) is 2.23. The van der Waals surface area contributed by atoms with Crippen molar-refractivity contribution in [2.24, 2.45) is 0 Å². The Morgan fingerprint density at radius 2 is 1.83 bits per heavy atom. The molecule has 0 spiro atoms. The Kier molecular flexibility index (Phi) is 6.88. The molecule has 0 aliphatic carbocycles. The van der Waals surface area contributed by atoms with Crippen LogP contribution in [0.5, 0.6) is 11.5 Å². The number of methoxy groups -OCH3 is 2. The molecular weight excluding hydrogens is 312 g/mol. The van der Waals surface area contributed by atoms with Crippen LogP contribution in [0.15, 0.2) is 18.2 Å². The molecule has 1 atom stereocenters. The molecular formula is C17H26N2O5. The van der Waals surface area contributed by atoms with E-state index in [1.807, 2.05) is 6.07 Å². The second-order valence-corrected chi connectivity index (χ2v) is 6.26. The molecule has 2 N–H and O–H groups in total. The molecule has 134 valence electrons. The summed E-state index contributed by atoms with van der Waals surface area (Å²) in [5.41, 5.74) is 0.188. The molecule has 0 aliphatic rings. The summed E-state index contributed by atoms with van der Waals surface area (Å²) in [4.78, 5) is 23.8. The summed E-state index contributed by atoms with van der Waals surface area (Å²) < 4.78 is 15.5. The van der Waals surface area contributed by atoms with Crippen molar-refractivity contribution in [2.75, 3.05) is 14.2 Å². The fourth-order valence-corrected chi connectivity index (χ4v) is 1.88. The topological polar surface area (TPSA) is 85.9 Å². The smallest absolute Gasteiger partial charge is 0.408 e. The molecule has 7 heteroatoms. The molecule has 0 aromatic heterocycles. The zero-order valence-corrected chi connectivity index (χ0v) is 15.1. The lowest BCUT2D eigenvalue weighted by molar-refractivity contribution is -0.122. The van der Waals surface area contributed by atoms with Crippen molar-refractivity contribution in [3.8, 4) is 11.5 Å². The van der Waals surface area contributed by atoms with Crippen molar-refractivity contribution in [1.29, 1.82) is 0 Å². The van der Waals surface area contributed by atoms with Crippen molar-refractivity contribution in [1.82, 2.24) is 10.6 Å². The number of carbonyl (C=O) groups is 2. The first-order chi connectivity index (χ1) is 11.2. The third kappa shape index (κ3) is 6.36. The SMILES string of the molecule is COc1ccc(CNC(=O)[C@@H](C)NC(=O)OC(C)(C)C)c(OC)c1. The number of benzene rings is 1. The summed E-state index contributed by atoms with van der Waals surface area (Å²) in [6, 6.07) is 4.62. The molecule has 7 nitrogen and oxygen atoms in total. The monoisotopic (exact) mass is 338 g/mol. The predicted molar refractivity (Wildman–Crippen MR) is 90.2 cm³/mol. The zero-order valence-electron chi connectivity index (χ0n) is 15.1. The number of carbonyl (C=O) groups excluding carboxylic acids is 2. The van der Waals surface area contributed by atoms with Gasteiger partial charge in [0.05, 0.1) is 14.2 Å². The highest BCUT2D eigenvalue weighted by Gasteiger charge is 2.21. The molecule has 0 saturated heterocycles. The fraction of sp³-hybridized carbons (Fsp3) is 0.529. The minimum Gasteiger partial charge on any atom is -0.497 e. The van der Waals surface area contributed by atoms with Gasteiger partial charge in [-0.3, -0.25) is 4.79 Å². The maximum absolute atomic E-state index is 12.1. The van der Waals surface area contributed by atoms with Crippen LogP contribution < -0.4 is 20.1 Å². The van der Waals surface area contributed by atoms with Gasteiger partial charge in [-0.15, -0.1) is 0 Å². The highest BCUT2D eigenvalue weighted by Crippen LogP contribution is 2.24. The van der Waals surface area contributed by atoms with E-state index in [1.54, 1.807) is 54.0 Å². The second kappa shape index (κ2) is 8.42. The molecule has 0 radical (unpaired) electrons. The first-order valence-corrected chi connectivity index (χ1v) is 7.64. The summed E-state index contributed by atoms with van der Waals surface area (Å²) in [6.07, 6.45) is -0.632. The Morgan fingerprint density at radius 3 is 2.38 bits per heavy atom. The van der Waals surface area contributed by atoms with Crippen LogP contribution in [0.3, 0.4) is 0 Å². The molecule has 0 fully saturated rings. The average molecular weight is 338 g/mol. The minimum absolute atomic E-state index is 0.270. The van der Waals surface area contributed by atoms with Crippen molar-refractivity contribution < 1.29 is 23.8 Å². The van der Waals surface area contributed by atoms with Gasteiger partial charge in [0, 0.05) is 18.2 Å². The Hall–Kier alpha value is -2.44. The van der Waals surface area contributed by atoms with Crippen LogP contribution in [0.2, 0.25) is 0 Å². The van der Waals surface area contributed by atoms with E-state index >= 15 is 0 Å². The molecule has 2 amide bonds. The number of alkyl carbamates (subject to hydrolysis) is 1. The summed E-state index contributed by atoms with van der Waals surface area (Å²) in [5, 5.41) is 5.24. The number of hydrogen-bond acceptors (Lipinski definition) is 5. The number of amides is 2. The van der Waals surface area contributed by atoms with Crippen molar-refractivity contribution in [2.45, 2.75) is 45.9 Å². The van der Waals surface area contributed by atoms with Crippen LogP contribution in [-0.2, 0) is 16.1 Å². The van der Waals surface area contributed by atoms with E-state index in [2.05, 4.69) is 10.6 Å². The first-order valence-electron chi connectivity index (χ1n) is 7.64. The molecule has 1 aromatic rings. The van der Waals surface area contributed by atoms with Gasteiger partial charge in [0.25, 0.3) is 0 Å². The van der Waals surface area contributed by atoms with E-state index in [0.717, 1.165) is 5.56 Å². The Morgan fingerprint density at radius 1 is 1.17 bits per heavy atom. The van der Waals surface area contributed by atoms with Gasteiger partial charge in [0.1, 0.15) is 23.1 Å². The van der Waals surface area contributed by atoms with E-state index < -0.39 is 17.7 Å². The standard InChI is InChI=1S/C17H26N2O5/c1-11(19-16(21)24-17(2,3)4)15(20)18-10-12-7-8-13(22-5)9-14(12)23-6/h7-9,11H,10H2,1-6H3,(H,18,20)(H,19,21)/t11-/m1/s1. The lowest BCUT2D eigenvalue weighted by Gasteiger charge is -2.21. The van der Waals surface area contributed by atoms with Gasteiger partial charge in [-0.05, 0) is 39.8 Å². The van der Waals surface area contributed by atoms with Crippen LogP contribution in [-0.4, -0.2) is 37.9 Å². The van der Waals surface area contributed by atoms with Gasteiger partial charge >= 0.3 is 6.09 Å². The Balaban J connectivity index is 2.58. The zero-order chi connectivity index (χ0) is 18.3. The average Bonchev–Trinajstić information content (AvgIpc) is 2.50. The molecule has 0 aliphatic heterocycles. The van der Waals surface area contributed by atoms with Crippen LogP contribution >= 0.6 is 0 Å². The normalized spacial score (nSPS) is 12.1. The molecule has 1 rings (SSSR count). The fourth-order valence-electron chi connectivity index (χ4n) is 1.88. The number of hydrogen-bond donors (Lipinski definition) is 2.